The Morgan fingerprint density at radius 1 is 0.585 bits per heavy atom. The summed E-state index contributed by atoms with van der Waals surface area (Å²) in [5, 5.41) is 34.5. The lowest BCUT2D eigenvalue weighted by atomic mass is 10.1. The van der Waals surface area contributed by atoms with Gasteiger partial charge in [-0.25, -0.2) is 0 Å². The maximum absolute atomic E-state index is 11.9. The Morgan fingerprint density at radius 3 is 1.41 bits per heavy atom. The molecule has 0 radical (unpaired) electrons. The third-order valence-electron chi connectivity index (χ3n) is 6.47. The molecule has 0 amide bonds. The molecule has 0 aromatic carbocycles. The fraction of sp³-hybridized carbons (Fsp3) is 0.903. The second-order valence-corrected chi connectivity index (χ2v) is 10.5. The normalized spacial score (nSPS) is 11.0. The van der Waals surface area contributed by atoms with Crippen molar-refractivity contribution in [2.24, 2.45) is 5.92 Å². The number of unbranched alkanes of at least 4 members (excludes halogenated alkanes) is 12. The van der Waals surface area contributed by atoms with Crippen LogP contribution in [0.2, 0.25) is 0 Å². The Kier molecular flexibility index (Phi) is 33.1. The van der Waals surface area contributed by atoms with Gasteiger partial charge in [0.15, 0.2) is 6.29 Å². The summed E-state index contributed by atoms with van der Waals surface area (Å²) in [5.41, 5.74) is 0. The molecule has 0 spiro atoms. The van der Waals surface area contributed by atoms with Crippen molar-refractivity contribution in [1.29, 1.82) is 0 Å². The molecule has 4 N–H and O–H groups in total. The van der Waals surface area contributed by atoms with E-state index in [9.17, 15) is 14.4 Å². The first-order valence-corrected chi connectivity index (χ1v) is 15.8. The first-order chi connectivity index (χ1) is 19.8. The maximum Gasteiger partial charge on any atom is 0.305 e. The standard InChI is InChI=1S/C24H48O6.C7H12O4/c1-3-5-7-9-11-13-17-28-24(29-18-14-12-10-8-6-4-2)16-15-23(27)30-21-22(19-25)20-26;8-6(9)4-2-1-3-5-7(10)11/h22,24-26H,3-21H2,1-2H3;1-5H2,(H,8,9)(H,10,11). The van der Waals surface area contributed by atoms with Gasteiger partial charge < -0.3 is 34.6 Å². The van der Waals surface area contributed by atoms with Crippen molar-refractivity contribution < 1.29 is 49.0 Å². The van der Waals surface area contributed by atoms with Crippen LogP contribution in [0.4, 0.5) is 0 Å². The smallest absolute Gasteiger partial charge is 0.305 e. The number of carboxylic acids is 2. The zero-order chi connectivity index (χ0) is 31.0. The Hall–Kier alpha value is -1.75. The van der Waals surface area contributed by atoms with Crippen molar-refractivity contribution in [2.75, 3.05) is 33.0 Å². The highest BCUT2D eigenvalue weighted by Crippen LogP contribution is 2.12. The summed E-state index contributed by atoms with van der Waals surface area (Å²) in [7, 11) is 0. The molecule has 244 valence electrons. The number of carbonyl (C=O) groups is 3. The quantitative estimate of drug-likeness (QED) is 0.0454. The van der Waals surface area contributed by atoms with Gasteiger partial charge in [-0.2, -0.15) is 0 Å². The van der Waals surface area contributed by atoms with Crippen molar-refractivity contribution >= 4 is 17.9 Å². The van der Waals surface area contributed by atoms with Crippen LogP contribution in [-0.4, -0.2) is 77.7 Å². The van der Waals surface area contributed by atoms with Gasteiger partial charge in [0.25, 0.3) is 0 Å². The highest BCUT2D eigenvalue weighted by atomic mass is 16.7. The summed E-state index contributed by atoms with van der Waals surface area (Å²) in [6, 6.07) is 0. The van der Waals surface area contributed by atoms with Crippen molar-refractivity contribution in [1.82, 2.24) is 0 Å². The Morgan fingerprint density at radius 2 is 1.00 bits per heavy atom. The van der Waals surface area contributed by atoms with Gasteiger partial charge in [-0.15, -0.1) is 0 Å². The van der Waals surface area contributed by atoms with Crippen LogP contribution in [0.5, 0.6) is 0 Å². The van der Waals surface area contributed by atoms with Crippen molar-refractivity contribution in [3.63, 3.8) is 0 Å². The van der Waals surface area contributed by atoms with Gasteiger partial charge in [0.1, 0.15) is 0 Å². The predicted octanol–water partition coefficient (Wildman–Crippen LogP) is 6.10. The van der Waals surface area contributed by atoms with Crippen LogP contribution in [0.1, 0.15) is 136 Å². The Balaban J connectivity index is 0. The van der Waals surface area contributed by atoms with Gasteiger partial charge in [0.05, 0.1) is 26.2 Å². The zero-order valence-corrected chi connectivity index (χ0v) is 25.9. The van der Waals surface area contributed by atoms with Gasteiger partial charge in [-0.3, -0.25) is 14.4 Å². The van der Waals surface area contributed by atoms with E-state index in [1.165, 1.54) is 51.4 Å². The van der Waals surface area contributed by atoms with Crippen LogP contribution < -0.4 is 0 Å². The molecular formula is C31H60O10. The fourth-order valence-electron chi connectivity index (χ4n) is 3.82. The molecule has 0 heterocycles. The predicted molar refractivity (Wildman–Crippen MR) is 159 cm³/mol. The molecule has 0 fully saturated rings. The van der Waals surface area contributed by atoms with E-state index >= 15 is 0 Å². The highest BCUT2D eigenvalue weighted by Gasteiger charge is 2.15. The van der Waals surface area contributed by atoms with Gasteiger partial charge in [-0.05, 0) is 25.7 Å². The van der Waals surface area contributed by atoms with E-state index in [2.05, 4.69) is 13.8 Å². The molecule has 0 aliphatic carbocycles. The van der Waals surface area contributed by atoms with E-state index < -0.39 is 17.9 Å². The first kappa shape index (κ1) is 41.4. The summed E-state index contributed by atoms with van der Waals surface area (Å²) in [6.07, 6.45) is 16.9. The molecule has 0 aliphatic rings. The van der Waals surface area contributed by atoms with Crippen molar-refractivity contribution in [3.05, 3.63) is 0 Å². The summed E-state index contributed by atoms with van der Waals surface area (Å²) >= 11 is 0. The molecule has 0 aliphatic heterocycles. The molecular weight excluding hydrogens is 532 g/mol. The number of aliphatic carboxylic acids is 2. The lowest BCUT2D eigenvalue weighted by Gasteiger charge is -2.19. The number of esters is 1. The summed E-state index contributed by atoms with van der Waals surface area (Å²) in [6.45, 7) is 5.37. The summed E-state index contributed by atoms with van der Waals surface area (Å²) in [4.78, 5) is 31.9. The molecule has 0 unspecified atom stereocenters. The van der Waals surface area contributed by atoms with E-state index in [1.807, 2.05) is 0 Å². The van der Waals surface area contributed by atoms with E-state index in [1.54, 1.807) is 0 Å². The minimum absolute atomic E-state index is 0.0355. The zero-order valence-electron chi connectivity index (χ0n) is 25.9. The third-order valence-corrected chi connectivity index (χ3v) is 6.47. The molecule has 0 bridgehead atoms. The minimum Gasteiger partial charge on any atom is -0.481 e. The third kappa shape index (κ3) is 34.4. The van der Waals surface area contributed by atoms with Gasteiger partial charge in [-0.1, -0.05) is 84.5 Å². The van der Waals surface area contributed by atoms with Crippen LogP contribution in [0.15, 0.2) is 0 Å². The second-order valence-electron chi connectivity index (χ2n) is 10.5. The molecule has 0 aromatic rings. The van der Waals surface area contributed by atoms with Gasteiger partial charge in [0, 0.05) is 38.4 Å². The van der Waals surface area contributed by atoms with Crippen LogP contribution in [0.3, 0.4) is 0 Å². The van der Waals surface area contributed by atoms with Gasteiger partial charge >= 0.3 is 17.9 Å². The Bertz CT molecular complexity index is 561. The molecule has 0 saturated carbocycles. The first-order valence-electron chi connectivity index (χ1n) is 15.8. The lowest BCUT2D eigenvalue weighted by molar-refractivity contribution is -0.160. The van der Waals surface area contributed by atoms with Crippen LogP contribution >= 0.6 is 0 Å². The van der Waals surface area contributed by atoms with E-state index in [0.29, 0.717) is 38.9 Å². The van der Waals surface area contributed by atoms with Crippen LogP contribution in [0, 0.1) is 5.92 Å². The van der Waals surface area contributed by atoms with Crippen LogP contribution in [0.25, 0.3) is 0 Å². The van der Waals surface area contributed by atoms with Crippen molar-refractivity contribution in [2.45, 2.75) is 142 Å². The molecule has 0 aromatic heterocycles. The van der Waals surface area contributed by atoms with Crippen LogP contribution in [-0.2, 0) is 28.6 Å². The van der Waals surface area contributed by atoms with Gasteiger partial charge in [0.2, 0.25) is 0 Å². The number of aliphatic hydroxyl groups is 2. The monoisotopic (exact) mass is 592 g/mol. The van der Waals surface area contributed by atoms with E-state index in [-0.39, 0.29) is 51.3 Å². The molecule has 10 nitrogen and oxygen atoms in total. The highest BCUT2D eigenvalue weighted by molar-refractivity contribution is 5.69. The van der Waals surface area contributed by atoms with E-state index in [4.69, 9.17) is 34.6 Å². The summed E-state index contributed by atoms with van der Waals surface area (Å²) in [5.74, 6) is -2.41. The number of rotatable bonds is 29. The molecule has 0 rings (SSSR count). The number of carboxylic acid groups (broad SMARTS) is 2. The molecule has 0 atom stereocenters. The average Bonchev–Trinajstić information content (AvgIpc) is 2.94. The number of ether oxygens (including phenoxy) is 3. The number of aliphatic hydroxyl groups excluding tert-OH is 2. The average molecular weight is 593 g/mol. The van der Waals surface area contributed by atoms with E-state index in [0.717, 1.165) is 25.7 Å². The molecule has 0 saturated heterocycles. The second kappa shape index (κ2) is 32.8. The van der Waals surface area contributed by atoms with Crippen molar-refractivity contribution in [3.8, 4) is 0 Å². The molecule has 10 heteroatoms. The summed E-state index contributed by atoms with van der Waals surface area (Å²) < 4.78 is 16.9. The minimum atomic E-state index is -0.819. The topological polar surface area (TPSA) is 160 Å². The fourth-order valence-corrected chi connectivity index (χ4v) is 3.82. The SMILES string of the molecule is CCCCCCCCOC(CCC(=O)OCC(CO)CO)OCCCCCCCC.O=C(O)CCCCCC(=O)O. The number of hydrogen-bond donors (Lipinski definition) is 4. The Labute approximate surface area is 248 Å². The maximum atomic E-state index is 11.9. The molecule has 41 heavy (non-hydrogen) atoms. The lowest BCUT2D eigenvalue weighted by Crippen LogP contribution is -2.23. The number of carbonyl (C=O) groups excluding carboxylic acids is 1. The largest absolute Gasteiger partial charge is 0.481 e. The number of hydrogen-bond acceptors (Lipinski definition) is 8.